The molecule has 1 fully saturated rings. The van der Waals surface area contributed by atoms with E-state index in [4.69, 9.17) is 18.9 Å². The molecule has 0 aliphatic carbocycles. The Morgan fingerprint density at radius 3 is 2.74 bits per heavy atom. The van der Waals surface area contributed by atoms with E-state index < -0.39 is 0 Å². The highest BCUT2D eigenvalue weighted by molar-refractivity contribution is 5.90. The molecule has 8 nitrogen and oxygen atoms in total. The minimum absolute atomic E-state index is 0.0712. The number of aromatic amines is 1. The number of carbonyl (C=O) groups excluding carboxylic acids is 1. The smallest absolute Gasteiger partial charge is 0.337 e. The summed E-state index contributed by atoms with van der Waals surface area (Å²) in [5, 5.41) is 1.19. The van der Waals surface area contributed by atoms with Crippen molar-refractivity contribution in [1.29, 1.82) is 0 Å². The first kappa shape index (κ1) is 23.1. The number of esters is 1. The van der Waals surface area contributed by atoms with Crippen molar-refractivity contribution in [3.63, 3.8) is 0 Å². The van der Waals surface area contributed by atoms with Gasteiger partial charge in [-0.1, -0.05) is 0 Å². The van der Waals surface area contributed by atoms with E-state index in [0.717, 1.165) is 42.9 Å². The van der Waals surface area contributed by atoms with Crippen LogP contribution in [-0.2, 0) is 20.7 Å². The molecule has 3 aliphatic rings. The quantitative estimate of drug-likeness (QED) is 0.652. The summed E-state index contributed by atoms with van der Waals surface area (Å²) in [6.45, 7) is 5.08. The van der Waals surface area contributed by atoms with Crippen molar-refractivity contribution in [2.45, 2.75) is 31.9 Å². The van der Waals surface area contributed by atoms with Gasteiger partial charge in [0.25, 0.3) is 0 Å². The molecular formula is C26H35N3O5. The van der Waals surface area contributed by atoms with Crippen LogP contribution in [0.1, 0.15) is 30.6 Å². The minimum Gasteiger partial charge on any atom is -0.497 e. The van der Waals surface area contributed by atoms with Gasteiger partial charge in [-0.15, -0.1) is 0 Å². The number of carbonyl (C=O) groups is 1. The standard InChI is InChI=1S/C26H35N3O5/c1-15-19-13-29-7-6-16-18-11-23(31-4)24(32-5)12-21(18)27-25(16)22(29)10-17(19)20(14-34-15)26(30)33-9-8-28(2)3/h11-12,14-15,17,19,22,27H,6-10,13H2,1-5H3/t15-,17?,19?,22?/m0/s1. The van der Waals surface area contributed by atoms with Crippen LogP contribution in [0.15, 0.2) is 24.0 Å². The van der Waals surface area contributed by atoms with E-state index >= 15 is 0 Å². The molecule has 0 radical (unpaired) electrons. The first-order valence-electron chi connectivity index (χ1n) is 12.1. The molecule has 0 amide bonds. The number of fused-ring (bicyclic) bond motifs is 6. The van der Waals surface area contributed by atoms with Gasteiger partial charge in [0.1, 0.15) is 6.61 Å². The number of H-pyrrole nitrogens is 1. The average molecular weight is 470 g/mol. The molecule has 2 aromatic rings. The summed E-state index contributed by atoms with van der Waals surface area (Å²) >= 11 is 0. The van der Waals surface area contributed by atoms with Crippen molar-refractivity contribution in [3.8, 4) is 11.5 Å². The van der Waals surface area contributed by atoms with Crippen molar-refractivity contribution in [2.75, 3.05) is 54.6 Å². The molecule has 0 bridgehead atoms. The van der Waals surface area contributed by atoms with Gasteiger partial charge in [0.05, 0.1) is 38.2 Å². The molecule has 1 saturated heterocycles. The predicted molar refractivity (Wildman–Crippen MR) is 129 cm³/mol. The van der Waals surface area contributed by atoms with Gasteiger partial charge in [-0.2, -0.15) is 0 Å². The zero-order chi connectivity index (χ0) is 24.0. The van der Waals surface area contributed by atoms with Crippen LogP contribution in [0.4, 0.5) is 0 Å². The molecular weight excluding hydrogens is 434 g/mol. The lowest BCUT2D eigenvalue weighted by atomic mass is 9.72. The van der Waals surface area contributed by atoms with Crippen LogP contribution in [0.2, 0.25) is 0 Å². The second-order valence-electron chi connectivity index (χ2n) is 9.89. The van der Waals surface area contributed by atoms with E-state index in [1.807, 2.05) is 25.1 Å². The molecule has 5 rings (SSSR count). The molecule has 1 aromatic carbocycles. The summed E-state index contributed by atoms with van der Waals surface area (Å²) in [6, 6.07) is 4.32. The van der Waals surface area contributed by atoms with Crippen molar-refractivity contribution in [2.24, 2.45) is 11.8 Å². The number of nitrogens with one attached hydrogen (secondary N) is 1. The van der Waals surface area contributed by atoms with E-state index in [-0.39, 0.29) is 30.0 Å². The molecule has 8 heteroatoms. The van der Waals surface area contributed by atoms with Crippen molar-refractivity contribution < 1.29 is 23.7 Å². The van der Waals surface area contributed by atoms with Gasteiger partial charge < -0.3 is 28.8 Å². The van der Waals surface area contributed by atoms with Gasteiger partial charge in [-0.25, -0.2) is 4.79 Å². The third-order valence-electron chi connectivity index (χ3n) is 7.73. The minimum atomic E-state index is -0.251. The summed E-state index contributed by atoms with van der Waals surface area (Å²) in [5.41, 5.74) is 4.32. The highest BCUT2D eigenvalue weighted by Crippen LogP contribution is 2.48. The molecule has 4 atom stereocenters. The average Bonchev–Trinajstić information content (AvgIpc) is 3.20. The Morgan fingerprint density at radius 1 is 1.24 bits per heavy atom. The van der Waals surface area contributed by atoms with Crippen molar-refractivity contribution in [1.82, 2.24) is 14.8 Å². The van der Waals surface area contributed by atoms with Gasteiger partial charge >= 0.3 is 5.97 Å². The van der Waals surface area contributed by atoms with E-state index in [9.17, 15) is 4.79 Å². The number of hydrogen-bond donors (Lipinski definition) is 1. The number of methoxy groups -OCH3 is 2. The SMILES string of the molecule is COc1cc2[nH]c3c(c2cc1OC)CCN1CC2C(CC31)C(C(=O)OCCN(C)C)=CO[C@H]2C. The predicted octanol–water partition coefficient (Wildman–Crippen LogP) is 3.13. The lowest BCUT2D eigenvalue weighted by Crippen LogP contribution is -2.51. The fraction of sp³-hybridized carbons (Fsp3) is 0.577. The van der Waals surface area contributed by atoms with Gasteiger partial charge in [-0.05, 0) is 45.5 Å². The van der Waals surface area contributed by atoms with Crippen molar-refractivity contribution >= 4 is 16.9 Å². The van der Waals surface area contributed by atoms with Crippen LogP contribution >= 0.6 is 0 Å². The number of hydrogen-bond acceptors (Lipinski definition) is 7. The van der Waals surface area contributed by atoms with Gasteiger partial charge in [-0.3, -0.25) is 4.90 Å². The third-order valence-corrected chi connectivity index (χ3v) is 7.73. The van der Waals surface area contributed by atoms with Crippen LogP contribution in [0.25, 0.3) is 10.9 Å². The van der Waals surface area contributed by atoms with Crippen LogP contribution in [0.5, 0.6) is 11.5 Å². The summed E-state index contributed by atoms with van der Waals surface area (Å²) in [4.78, 5) is 21.2. The highest BCUT2D eigenvalue weighted by atomic mass is 16.5. The van der Waals surface area contributed by atoms with E-state index in [1.54, 1.807) is 20.5 Å². The molecule has 3 aliphatic heterocycles. The van der Waals surface area contributed by atoms with Crippen molar-refractivity contribution in [3.05, 3.63) is 35.2 Å². The molecule has 4 heterocycles. The second kappa shape index (κ2) is 9.15. The van der Waals surface area contributed by atoms with E-state index in [0.29, 0.717) is 18.7 Å². The Balaban J connectivity index is 1.45. The van der Waals surface area contributed by atoms with Gasteiger partial charge in [0.2, 0.25) is 0 Å². The second-order valence-corrected chi connectivity index (χ2v) is 9.89. The third kappa shape index (κ3) is 3.92. The highest BCUT2D eigenvalue weighted by Gasteiger charge is 2.47. The number of aromatic nitrogens is 1. The molecule has 0 saturated carbocycles. The maximum Gasteiger partial charge on any atom is 0.337 e. The number of benzene rings is 1. The Bertz CT molecular complexity index is 1110. The largest absolute Gasteiger partial charge is 0.497 e. The summed E-state index contributed by atoms with van der Waals surface area (Å²) in [7, 11) is 7.27. The van der Waals surface area contributed by atoms with Crippen LogP contribution in [-0.4, -0.2) is 81.4 Å². The Morgan fingerprint density at radius 2 is 2.00 bits per heavy atom. The maximum atomic E-state index is 13.0. The monoisotopic (exact) mass is 469 g/mol. The molecule has 3 unspecified atom stereocenters. The lowest BCUT2D eigenvalue weighted by molar-refractivity contribution is -0.142. The van der Waals surface area contributed by atoms with E-state index in [1.165, 1.54) is 16.6 Å². The topological polar surface area (TPSA) is 76.3 Å². The lowest BCUT2D eigenvalue weighted by Gasteiger charge is -2.49. The molecule has 1 N–H and O–H groups in total. The number of likely N-dealkylation sites (N-methyl/N-ethyl adjacent to an activating group) is 1. The zero-order valence-corrected chi connectivity index (χ0v) is 20.7. The Labute approximate surface area is 200 Å². The zero-order valence-electron chi connectivity index (χ0n) is 20.7. The van der Waals surface area contributed by atoms with Gasteiger partial charge in [0.15, 0.2) is 11.5 Å². The Hall–Kier alpha value is -2.71. The maximum absolute atomic E-state index is 13.0. The summed E-state index contributed by atoms with van der Waals surface area (Å²) in [5.74, 6) is 1.59. The van der Waals surface area contributed by atoms with Gasteiger partial charge in [0, 0.05) is 54.1 Å². The number of rotatable bonds is 6. The summed E-state index contributed by atoms with van der Waals surface area (Å²) in [6.07, 6.45) is 3.57. The molecule has 0 spiro atoms. The Kier molecular flexibility index (Phi) is 6.20. The first-order valence-corrected chi connectivity index (χ1v) is 12.1. The van der Waals surface area contributed by atoms with E-state index in [2.05, 4.69) is 22.9 Å². The van der Waals surface area contributed by atoms with Crippen LogP contribution < -0.4 is 9.47 Å². The molecule has 34 heavy (non-hydrogen) atoms. The fourth-order valence-corrected chi connectivity index (χ4v) is 5.85. The number of piperidine rings is 1. The summed E-state index contributed by atoms with van der Waals surface area (Å²) < 4.78 is 22.6. The first-order chi connectivity index (χ1) is 16.4. The van der Waals surface area contributed by atoms with Crippen LogP contribution in [0, 0.1) is 11.8 Å². The molecule has 1 aromatic heterocycles. The number of nitrogens with zero attached hydrogens (tertiary/aromatic N) is 2. The normalized spacial score (nSPS) is 26.2. The van der Waals surface area contributed by atoms with Crippen LogP contribution in [0.3, 0.4) is 0 Å². The fourth-order valence-electron chi connectivity index (χ4n) is 5.85. The number of ether oxygens (including phenoxy) is 4. The molecule has 184 valence electrons.